The van der Waals surface area contributed by atoms with E-state index in [1.807, 2.05) is 6.92 Å². The number of nitrogens with one attached hydrogen (secondary N) is 2. The quantitative estimate of drug-likeness (QED) is 0.396. The Balaban J connectivity index is 0.00000225. The highest BCUT2D eigenvalue weighted by atomic mass is 127. The Morgan fingerprint density at radius 2 is 2.20 bits per heavy atom. The lowest BCUT2D eigenvalue weighted by Crippen LogP contribution is -2.71. The Morgan fingerprint density at radius 1 is 1.40 bits per heavy atom. The Morgan fingerprint density at radius 3 is 2.88 bits per heavy atom. The minimum absolute atomic E-state index is 0. The molecule has 1 saturated carbocycles. The van der Waals surface area contributed by atoms with Crippen LogP contribution in [0.25, 0.3) is 0 Å². The molecule has 3 rings (SSSR count). The van der Waals surface area contributed by atoms with Crippen molar-refractivity contribution in [3.8, 4) is 0 Å². The number of hydrogen-bond donors (Lipinski definition) is 2. The molecule has 142 valence electrons. The summed E-state index contributed by atoms with van der Waals surface area (Å²) >= 11 is 0. The van der Waals surface area contributed by atoms with E-state index in [-0.39, 0.29) is 29.4 Å². The van der Waals surface area contributed by atoms with Gasteiger partial charge < -0.3 is 19.9 Å². The van der Waals surface area contributed by atoms with Gasteiger partial charge >= 0.3 is 0 Å². The summed E-state index contributed by atoms with van der Waals surface area (Å²) in [5, 5.41) is 10.9. The third-order valence-corrected chi connectivity index (χ3v) is 5.30. The van der Waals surface area contributed by atoms with E-state index in [1.165, 1.54) is 6.42 Å². The van der Waals surface area contributed by atoms with E-state index in [2.05, 4.69) is 39.6 Å². The van der Waals surface area contributed by atoms with Gasteiger partial charge in [0.25, 0.3) is 0 Å². The normalized spacial score (nSPS) is 27.7. The van der Waals surface area contributed by atoms with E-state index < -0.39 is 0 Å². The smallest absolute Gasteiger partial charge is 0.226 e. The maximum absolute atomic E-state index is 5.96. The minimum atomic E-state index is 0. The molecule has 0 spiro atoms. The van der Waals surface area contributed by atoms with Gasteiger partial charge in [0.15, 0.2) is 11.8 Å². The maximum Gasteiger partial charge on any atom is 0.226 e. The molecule has 1 saturated heterocycles. The topological polar surface area (TPSA) is 84.6 Å². The van der Waals surface area contributed by atoms with Crippen LogP contribution in [0.4, 0.5) is 0 Å². The van der Waals surface area contributed by atoms with E-state index in [4.69, 9.17) is 9.26 Å². The number of fused-ring (bicyclic) bond motifs is 1. The van der Waals surface area contributed by atoms with Crippen molar-refractivity contribution in [1.82, 2.24) is 20.8 Å². The van der Waals surface area contributed by atoms with Crippen molar-refractivity contribution in [2.75, 3.05) is 20.2 Å². The number of halogens is 1. The molecule has 2 fully saturated rings. The molecule has 3 unspecified atom stereocenters. The third kappa shape index (κ3) is 4.27. The average molecular weight is 463 g/mol. The molecule has 1 aliphatic heterocycles. The van der Waals surface area contributed by atoms with Crippen LogP contribution in [0.1, 0.15) is 45.3 Å². The molecule has 2 heterocycles. The fourth-order valence-electron chi connectivity index (χ4n) is 3.99. The van der Waals surface area contributed by atoms with Gasteiger partial charge in [0, 0.05) is 50.4 Å². The average Bonchev–Trinajstić information content (AvgIpc) is 3.05. The number of guanidine groups is 1. The minimum Gasteiger partial charge on any atom is -0.377 e. The first-order chi connectivity index (χ1) is 11.6. The zero-order valence-corrected chi connectivity index (χ0v) is 17.9. The van der Waals surface area contributed by atoms with Crippen LogP contribution in [0.5, 0.6) is 0 Å². The highest BCUT2D eigenvalue weighted by Crippen LogP contribution is 2.51. The largest absolute Gasteiger partial charge is 0.377 e. The zero-order valence-electron chi connectivity index (χ0n) is 15.5. The van der Waals surface area contributed by atoms with Crippen LogP contribution >= 0.6 is 24.0 Å². The van der Waals surface area contributed by atoms with Crippen molar-refractivity contribution in [1.29, 1.82) is 0 Å². The van der Waals surface area contributed by atoms with Crippen LogP contribution < -0.4 is 10.6 Å². The number of aromatic nitrogens is 2. The van der Waals surface area contributed by atoms with E-state index >= 15 is 0 Å². The number of aliphatic imine (C=N–C) groups is 1. The van der Waals surface area contributed by atoms with Crippen LogP contribution in [-0.4, -0.2) is 48.4 Å². The monoisotopic (exact) mass is 463 g/mol. The molecule has 2 aliphatic rings. The Labute approximate surface area is 166 Å². The second kappa shape index (κ2) is 8.66. The summed E-state index contributed by atoms with van der Waals surface area (Å²) in [4.78, 5) is 8.68. The standard InChI is InChI=1S/C17H29N5O2.HI/c1-5-13-20-12(22-24-13)8-9-19-16(18-4)21-14-11-7-6-10-23-15(11)17(14,2)3;/h11,14-15H,5-10H2,1-4H3,(H2,18,19,21);1H. The summed E-state index contributed by atoms with van der Waals surface area (Å²) in [6, 6.07) is 0.394. The predicted molar refractivity (Wildman–Crippen MR) is 107 cm³/mol. The highest BCUT2D eigenvalue weighted by molar-refractivity contribution is 14.0. The number of rotatable bonds is 5. The molecule has 2 N–H and O–H groups in total. The summed E-state index contributed by atoms with van der Waals surface area (Å²) in [5.74, 6) is 2.83. The summed E-state index contributed by atoms with van der Waals surface area (Å²) in [5.41, 5.74) is 0.131. The van der Waals surface area contributed by atoms with Crippen molar-refractivity contribution in [3.63, 3.8) is 0 Å². The second-order valence-corrected chi connectivity index (χ2v) is 7.25. The van der Waals surface area contributed by atoms with Crippen molar-refractivity contribution < 1.29 is 9.26 Å². The molecule has 1 aromatic heterocycles. The first-order valence-corrected chi connectivity index (χ1v) is 8.96. The van der Waals surface area contributed by atoms with Gasteiger partial charge in [0.05, 0.1) is 6.10 Å². The molecule has 7 nitrogen and oxygen atoms in total. The van der Waals surface area contributed by atoms with Crippen molar-refractivity contribution in [3.05, 3.63) is 11.7 Å². The van der Waals surface area contributed by atoms with E-state index in [1.54, 1.807) is 7.05 Å². The lowest BCUT2D eigenvalue weighted by atomic mass is 9.55. The molecule has 8 heteroatoms. The number of ether oxygens (including phenoxy) is 1. The van der Waals surface area contributed by atoms with E-state index in [0.29, 0.717) is 30.4 Å². The summed E-state index contributed by atoms with van der Waals surface area (Å²) in [6.07, 6.45) is 4.23. The molecular weight excluding hydrogens is 433 g/mol. The van der Waals surface area contributed by atoms with Gasteiger partial charge in [-0.05, 0) is 12.8 Å². The van der Waals surface area contributed by atoms with Crippen molar-refractivity contribution >= 4 is 29.9 Å². The lowest BCUT2D eigenvalue weighted by Gasteiger charge is -2.60. The van der Waals surface area contributed by atoms with Crippen molar-refractivity contribution in [2.45, 2.75) is 58.6 Å². The molecule has 25 heavy (non-hydrogen) atoms. The van der Waals surface area contributed by atoms with Gasteiger partial charge in [0.1, 0.15) is 0 Å². The van der Waals surface area contributed by atoms with Gasteiger partial charge in [-0.25, -0.2) is 0 Å². The predicted octanol–water partition coefficient (Wildman–Crippen LogP) is 2.16. The molecular formula is C17H30IN5O2. The number of nitrogens with zero attached hydrogens (tertiary/aromatic N) is 3. The van der Waals surface area contributed by atoms with Gasteiger partial charge in [-0.3, -0.25) is 4.99 Å². The summed E-state index contributed by atoms with van der Waals surface area (Å²) < 4.78 is 11.1. The molecule has 0 amide bonds. The van der Waals surface area contributed by atoms with Crippen molar-refractivity contribution in [2.24, 2.45) is 16.3 Å². The van der Waals surface area contributed by atoms with Crippen LogP contribution in [-0.2, 0) is 17.6 Å². The molecule has 3 atom stereocenters. The van der Waals surface area contributed by atoms with Gasteiger partial charge in [0.2, 0.25) is 5.89 Å². The number of hydrogen-bond acceptors (Lipinski definition) is 5. The molecule has 0 bridgehead atoms. The van der Waals surface area contributed by atoms with Gasteiger partial charge in [-0.2, -0.15) is 4.98 Å². The van der Waals surface area contributed by atoms with Crippen LogP contribution in [0, 0.1) is 11.3 Å². The third-order valence-electron chi connectivity index (χ3n) is 5.30. The molecule has 0 aromatic carbocycles. The molecule has 1 aromatic rings. The van der Waals surface area contributed by atoms with Crippen LogP contribution in [0.3, 0.4) is 0 Å². The first-order valence-electron chi connectivity index (χ1n) is 8.96. The Hall–Kier alpha value is -0.900. The summed E-state index contributed by atoms with van der Waals surface area (Å²) in [7, 11) is 1.80. The lowest BCUT2D eigenvalue weighted by molar-refractivity contribution is -0.188. The Bertz CT molecular complexity index is 589. The van der Waals surface area contributed by atoms with Crippen LogP contribution in [0.2, 0.25) is 0 Å². The Kier molecular flexibility index (Phi) is 7.07. The van der Waals surface area contributed by atoms with E-state index in [9.17, 15) is 0 Å². The number of aryl methyl sites for hydroxylation is 1. The van der Waals surface area contributed by atoms with Gasteiger partial charge in [-0.15, -0.1) is 24.0 Å². The fraction of sp³-hybridized carbons (Fsp3) is 0.824. The first kappa shape index (κ1) is 20.4. The highest BCUT2D eigenvalue weighted by Gasteiger charge is 2.58. The van der Waals surface area contributed by atoms with Crippen LogP contribution in [0.15, 0.2) is 9.52 Å². The maximum atomic E-state index is 5.96. The molecule has 0 radical (unpaired) electrons. The van der Waals surface area contributed by atoms with E-state index in [0.717, 1.165) is 37.8 Å². The second-order valence-electron chi connectivity index (χ2n) is 7.25. The fourth-order valence-corrected chi connectivity index (χ4v) is 3.99. The van der Waals surface area contributed by atoms with Gasteiger partial charge in [-0.1, -0.05) is 25.9 Å². The molecule has 1 aliphatic carbocycles. The SMILES string of the molecule is CCc1nc(CCNC(=NC)NC2C3CCCOC3C2(C)C)no1.I. The summed E-state index contributed by atoms with van der Waals surface area (Å²) in [6.45, 7) is 8.17. The zero-order chi connectivity index (χ0) is 17.2.